The molecule has 0 saturated heterocycles. The van der Waals surface area contributed by atoms with Gasteiger partial charge in [0.05, 0.1) is 22.5 Å². The molecule has 1 saturated carbocycles. The van der Waals surface area contributed by atoms with Crippen LogP contribution in [0.15, 0.2) is 54.9 Å². The number of nitrogens with two attached hydrogens (primary N) is 1. The molecule has 0 radical (unpaired) electrons. The molecule has 0 spiro atoms. The van der Waals surface area contributed by atoms with Gasteiger partial charge in [-0.15, -0.1) is 0 Å². The second kappa shape index (κ2) is 13.9. The summed E-state index contributed by atoms with van der Waals surface area (Å²) in [4.78, 5) is 33.3. The van der Waals surface area contributed by atoms with Gasteiger partial charge in [-0.3, -0.25) is 15.0 Å². The van der Waals surface area contributed by atoms with E-state index >= 15 is 0 Å². The quantitative estimate of drug-likeness (QED) is 0.244. The third-order valence-electron chi connectivity index (χ3n) is 7.73. The van der Waals surface area contributed by atoms with Gasteiger partial charge in [-0.2, -0.15) is 13.2 Å². The normalized spacial score (nSPS) is 19.9. The molecule has 45 heavy (non-hydrogen) atoms. The van der Waals surface area contributed by atoms with Crippen molar-refractivity contribution in [1.82, 2.24) is 15.3 Å². The molecule has 2 bridgehead atoms. The Kier molecular flexibility index (Phi) is 9.77. The lowest BCUT2D eigenvalue weighted by atomic mass is 9.89. The Bertz CT molecular complexity index is 1590. The fourth-order valence-electron chi connectivity index (χ4n) is 5.48. The van der Waals surface area contributed by atoms with E-state index < -0.39 is 17.6 Å². The van der Waals surface area contributed by atoms with Crippen LogP contribution in [0.1, 0.15) is 71.1 Å². The fraction of sp³-hybridized carbons (Fsp3) is 0.344. The minimum absolute atomic E-state index is 0.00567. The van der Waals surface area contributed by atoms with E-state index in [9.17, 15) is 22.8 Å². The van der Waals surface area contributed by atoms with E-state index in [-0.39, 0.29) is 47.5 Å². The summed E-state index contributed by atoms with van der Waals surface area (Å²) in [6.45, 7) is 0.486. The number of nitrogen functional groups attached to an aromatic ring is 1. The molecule has 1 fully saturated rings. The van der Waals surface area contributed by atoms with Crippen LogP contribution in [0, 0.1) is 5.41 Å². The molecule has 1 aliphatic heterocycles. The van der Waals surface area contributed by atoms with Crippen molar-refractivity contribution >= 4 is 40.9 Å². The van der Waals surface area contributed by atoms with Crippen LogP contribution < -0.4 is 21.7 Å². The van der Waals surface area contributed by atoms with Crippen molar-refractivity contribution in [1.29, 1.82) is 5.41 Å². The molecule has 3 heterocycles. The zero-order valence-electron chi connectivity index (χ0n) is 24.4. The van der Waals surface area contributed by atoms with E-state index in [2.05, 4.69) is 25.9 Å². The Morgan fingerprint density at radius 3 is 2.53 bits per heavy atom. The lowest BCUT2D eigenvalue weighted by molar-refractivity contribution is -0.137. The van der Waals surface area contributed by atoms with Crippen molar-refractivity contribution in [3.8, 4) is 0 Å². The number of nitrogens with one attached hydrogen (secondary N) is 4. The summed E-state index contributed by atoms with van der Waals surface area (Å²) in [5, 5.41) is 18.2. The van der Waals surface area contributed by atoms with Gasteiger partial charge in [0, 0.05) is 47.8 Å². The molecular weight excluding hydrogens is 587 g/mol. The number of hydrogen-bond acceptors (Lipinski definition) is 8. The average molecular weight is 622 g/mol. The number of fused-ring (bicyclic) bond motifs is 3. The zero-order valence-corrected chi connectivity index (χ0v) is 24.4. The van der Waals surface area contributed by atoms with Gasteiger partial charge in [-0.25, -0.2) is 9.97 Å². The summed E-state index contributed by atoms with van der Waals surface area (Å²) in [6, 6.07) is 7.68. The summed E-state index contributed by atoms with van der Waals surface area (Å²) in [5.41, 5.74) is 7.98. The number of alkyl halides is 3. The Labute approximate surface area is 258 Å². The number of ether oxygens (including phenoxy) is 1. The van der Waals surface area contributed by atoms with Gasteiger partial charge in [0.25, 0.3) is 5.91 Å². The van der Waals surface area contributed by atoms with Crippen LogP contribution in [0.3, 0.4) is 0 Å². The number of halogens is 3. The molecule has 3 aromatic rings. The number of nitrogens with zero attached hydrogens (tertiary/aromatic N) is 2. The van der Waals surface area contributed by atoms with Crippen LogP contribution >= 0.6 is 0 Å². The third-order valence-corrected chi connectivity index (χ3v) is 7.73. The molecule has 1 aromatic carbocycles. The van der Waals surface area contributed by atoms with Crippen molar-refractivity contribution < 1.29 is 27.5 Å². The van der Waals surface area contributed by atoms with Gasteiger partial charge >= 0.3 is 6.18 Å². The number of anilines is 3. The molecule has 6 N–H and O–H groups in total. The summed E-state index contributed by atoms with van der Waals surface area (Å²) in [7, 11) is 0. The molecule has 5 rings (SSSR count). The van der Waals surface area contributed by atoms with Crippen molar-refractivity contribution in [2.24, 2.45) is 0 Å². The molecule has 1 aliphatic carbocycles. The summed E-state index contributed by atoms with van der Waals surface area (Å²) >= 11 is 0. The molecule has 236 valence electrons. The summed E-state index contributed by atoms with van der Waals surface area (Å²) in [6.07, 6.45) is 6.76. The van der Waals surface area contributed by atoms with E-state index in [0.29, 0.717) is 36.3 Å². The van der Waals surface area contributed by atoms with Crippen molar-refractivity contribution in [2.75, 3.05) is 29.6 Å². The number of carbonyl (C=O) groups is 2. The lowest BCUT2D eigenvalue weighted by Crippen LogP contribution is -2.43. The molecule has 2 atom stereocenters. The number of rotatable bonds is 4. The fourth-order valence-corrected chi connectivity index (χ4v) is 5.48. The molecule has 13 heteroatoms. The average Bonchev–Trinajstić information content (AvgIpc) is 3.01. The first-order valence-corrected chi connectivity index (χ1v) is 14.7. The Hall–Kier alpha value is -4.78. The molecule has 0 unspecified atom stereocenters. The maximum Gasteiger partial charge on any atom is 0.416 e. The highest BCUT2D eigenvalue weighted by molar-refractivity contribution is 6.17. The van der Waals surface area contributed by atoms with Gasteiger partial charge < -0.3 is 26.4 Å². The number of hydrogen-bond donors (Lipinski definition) is 5. The Balaban J connectivity index is 1.40. The largest absolute Gasteiger partial charge is 0.416 e. The number of pyridine rings is 2. The number of carbonyl (C=O) groups excluding carboxylic acids is 2. The second-order valence-electron chi connectivity index (χ2n) is 11.1. The number of aromatic nitrogens is 2. The monoisotopic (exact) mass is 621 g/mol. The third kappa shape index (κ3) is 8.04. The van der Waals surface area contributed by atoms with Crippen LogP contribution in [-0.2, 0) is 15.7 Å². The second-order valence-corrected chi connectivity index (χ2v) is 11.1. The van der Waals surface area contributed by atoms with Gasteiger partial charge in [0.1, 0.15) is 18.2 Å². The smallest absolute Gasteiger partial charge is 0.383 e. The summed E-state index contributed by atoms with van der Waals surface area (Å²) < 4.78 is 44.7. The highest BCUT2D eigenvalue weighted by Crippen LogP contribution is 2.33. The SMILES string of the molecule is N=C(c1ccc(C(=O)Nc2cc(C(F)(F)F)ccn2)cc1)c1c(N)ncc2c1N[C@@H]1CCC[C@H](C1)NC(=O)COCCC/C=C/2. The van der Waals surface area contributed by atoms with Crippen LogP contribution in [0.25, 0.3) is 6.08 Å². The molecular formula is C32H34F3N7O3. The maximum atomic E-state index is 13.1. The first-order valence-electron chi connectivity index (χ1n) is 14.7. The standard InChI is InChI=1S/C32H34F3N7O3/c33-32(34,35)22-12-13-38-25(15-22)42-31(44)20-10-8-19(9-11-20)28(36)27-29-21(17-39-30(27)37)5-2-1-3-14-45-18-26(43)40-23-6-4-7-24(16-23)41-29/h2,5,8-13,15,17,23-24,36,41H,1,3-4,6-7,14,16,18H2,(H2,37,39)(H,40,43)(H,38,42,44)/b5-2+,36-28?/t23-,24-/m1/s1. The van der Waals surface area contributed by atoms with Gasteiger partial charge in [0.15, 0.2) is 0 Å². The lowest BCUT2D eigenvalue weighted by Gasteiger charge is -2.32. The minimum atomic E-state index is -4.57. The van der Waals surface area contributed by atoms with Crippen molar-refractivity contribution in [3.05, 3.63) is 82.7 Å². The van der Waals surface area contributed by atoms with Crippen LogP contribution in [0.5, 0.6) is 0 Å². The topological polar surface area (TPSA) is 155 Å². The summed E-state index contributed by atoms with van der Waals surface area (Å²) in [5.74, 6) is -0.858. The molecule has 2 amide bonds. The van der Waals surface area contributed by atoms with E-state index in [4.69, 9.17) is 15.9 Å². The predicted molar refractivity (Wildman–Crippen MR) is 165 cm³/mol. The van der Waals surface area contributed by atoms with Crippen LogP contribution in [0.2, 0.25) is 0 Å². The van der Waals surface area contributed by atoms with E-state index in [0.717, 1.165) is 49.6 Å². The molecule has 10 nitrogen and oxygen atoms in total. The van der Waals surface area contributed by atoms with Crippen LogP contribution in [0.4, 0.5) is 30.5 Å². The minimum Gasteiger partial charge on any atom is -0.383 e. The van der Waals surface area contributed by atoms with E-state index in [1.165, 1.54) is 12.1 Å². The Morgan fingerprint density at radius 2 is 1.78 bits per heavy atom. The van der Waals surface area contributed by atoms with Crippen molar-refractivity contribution in [2.45, 2.75) is 56.8 Å². The van der Waals surface area contributed by atoms with E-state index in [1.54, 1.807) is 18.3 Å². The number of allylic oxidation sites excluding steroid dienone is 1. The predicted octanol–water partition coefficient (Wildman–Crippen LogP) is 5.41. The van der Waals surface area contributed by atoms with Gasteiger partial charge in [-0.1, -0.05) is 24.3 Å². The highest BCUT2D eigenvalue weighted by atomic mass is 19.4. The maximum absolute atomic E-state index is 13.1. The van der Waals surface area contributed by atoms with Gasteiger partial charge in [-0.05, 0) is 62.8 Å². The first-order chi connectivity index (χ1) is 21.6. The molecule has 2 aliphatic rings. The van der Waals surface area contributed by atoms with Gasteiger partial charge in [0.2, 0.25) is 5.91 Å². The first kappa shape index (κ1) is 31.6. The molecule has 2 aromatic heterocycles. The highest BCUT2D eigenvalue weighted by Gasteiger charge is 2.31. The Morgan fingerprint density at radius 1 is 1.04 bits per heavy atom. The number of benzene rings is 1. The van der Waals surface area contributed by atoms with E-state index in [1.807, 2.05) is 12.2 Å². The van der Waals surface area contributed by atoms with Crippen molar-refractivity contribution in [3.63, 3.8) is 0 Å². The number of amides is 2. The zero-order chi connectivity index (χ0) is 32.0. The van der Waals surface area contributed by atoms with Crippen LogP contribution in [-0.4, -0.2) is 52.8 Å².